The zero-order chi connectivity index (χ0) is 10.0. The number of hydrogen-bond donors (Lipinski definition) is 1. The second-order valence-corrected chi connectivity index (χ2v) is 3.73. The van der Waals surface area contributed by atoms with E-state index in [0.29, 0.717) is 5.92 Å². The zero-order valence-electron chi connectivity index (χ0n) is 8.45. The molecule has 1 aliphatic heterocycles. The molecule has 2 unspecified atom stereocenters. The average Bonchev–Trinajstić information content (AvgIpc) is 2.27. The van der Waals surface area contributed by atoms with Crippen molar-refractivity contribution >= 4 is 5.91 Å². The summed E-state index contributed by atoms with van der Waals surface area (Å²) in [5, 5.41) is 9.53. The van der Waals surface area contributed by atoms with E-state index in [1.807, 2.05) is 0 Å². The Morgan fingerprint density at radius 1 is 1.69 bits per heavy atom. The molecule has 0 spiro atoms. The van der Waals surface area contributed by atoms with Crippen molar-refractivity contribution in [2.45, 2.75) is 32.7 Å². The van der Waals surface area contributed by atoms with Crippen molar-refractivity contribution in [3.05, 3.63) is 11.8 Å². The molecular formula is C10H17NO2. The highest BCUT2D eigenvalue weighted by Crippen LogP contribution is 2.25. The molecule has 1 N–H and O–H groups in total. The summed E-state index contributed by atoms with van der Waals surface area (Å²) < 4.78 is 0. The summed E-state index contributed by atoms with van der Waals surface area (Å²) in [7, 11) is 1.74. The minimum atomic E-state index is -0.104. The minimum Gasteiger partial charge on any atom is -0.510 e. The summed E-state index contributed by atoms with van der Waals surface area (Å²) in [5.41, 5.74) is 0. The molecule has 0 bridgehead atoms. The van der Waals surface area contributed by atoms with Crippen LogP contribution in [0.2, 0.25) is 0 Å². The van der Waals surface area contributed by atoms with Crippen molar-refractivity contribution in [1.82, 2.24) is 4.90 Å². The first kappa shape index (κ1) is 10.1. The lowest BCUT2D eigenvalue weighted by molar-refractivity contribution is -0.125. The van der Waals surface area contributed by atoms with Gasteiger partial charge in [-0.25, -0.2) is 0 Å². The Kier molecular flexibility index (Phi) is 2.96. The lowest BCUT2D eigenvalue weighted by Gasteiger charge is -2.26. The fraction of sp³-hybridized carbons (Fsp3) is 0.700. The molecule has 74 valence electrons. The molecule has 1 heterocycles. The van der Waals surface area contributed by atoms with Crippen LogP contribution >= 0.6 is 0 Å². The van der Waals surface area contributed by atoms with E-state index in [0.717, 1.165) is 12.8 Å². The van der Waals surface area contributed by atoms with Gasteiger partial charge in [0.25, 0.3) is 0 Å². The Labute approximate surface area is 79.0 Å². The van der Waals surface area contributed by atoms with Crippen molar-refractivity contribution in [2.75, 3.05) is 7.05 Å². The number of rotatable bonds is 3. The van der Waals surface area contributed by atoms with E-state index in [2.05, 4.69) is 13.8 Å². The highest BCUT2D eigenvalue weighted by atomic mass is 16.3. The molecule has 0 radical (unpaired) electrons. The summed E-state index contributed by atoms with van der Waals surface area (Å²) >= 11 is 0. The van der Waals surface area contributed by atoms with Gasteiger partial charge in [-0.2, -0.15) is 0 Å². The molecule has 2 atom stereocenters. The van der Waals surface area contributed by atoms with Gasteiger partial charge in [-0.15, -0.1) is 0 Å². The van der Waals surface area contributed by atoms with Crippen LogP contribution < -0.4 is 0 Å². The largest absolute Gasteiger partial charge is 0.510 e. The van der Waals surface area contributed by atoms with Crippen molar-refractivity contribution < 1.29 is 9.90 Å². The topological polar surface area (TPSA) is 40.5 Å². The van der Waals surface area contributed by atoms with Gasteiger partial charge < -0.3 is 10.0 Å². The maximum Gasteiger partial charge on any atom is 0.250 e. The van der Waals surface area contributed by atoms with Gasteiger partial charge in [0.15, 0.2) is 0 Å². The summed E-state index contributed by atoms with van der Waals surface area (Å²) in [6, 6.07) is -0.104. The third kappa shape index (κ3) is 1.85. The lowest BCUT2D eigenvalue weighted by Crippen LogP contribution is -2.36. The lowest BCUT2D eigenvalue weighted by atomic mass is 9.96. The maximum atomic E-state index is 11.2. The van der Waals surface area contributed by atoms with E-state index in [1.54, 1.807) is 11.9 Å². The minimum absolute atomic E-state index is 0.0922. The molecule has 0 aliphatic carbocycles. The Bertz CT molecular complexity index is 235. The van der Waals surface area contributed by atoms with E-state index >= 15 is 0 Å². The van der Waals surface area contributed by atoms with Gasteiger partial charge in [-0.1, -0.05) is 20.3 Å². The van der Waals surface area contributed by atoms with E-state index in [-0.39, 0.29) is 17.7 Å². The van der Waals surface area contributed by atoms with Crippen LogP contribution in [0.3, 0.4) is 0 Å². The fourth-order valence-corrected chi connectivity index (χ4v) is 1.94. The molecule has 0 saturated heterocycles. The van der Waals surface area contributed by atoms with Crippen molar-refractivity contribution in [1.29, 1.82) is 0 Å². The van der Waals surface area contributed by atoms with Crippen LogP contribution in [-0.4, -0.2) is 29.0 Å². The molecule has 0 aromatic rings. The first-order valence-electron chi connectivity index (χ1n) is 4.75. The van der Waals surface area contributed by atoms with Gasteiger partial charge in [0.05, 0.1) is 6.04 Å². The van der Waals surface area contributed by atoms with Crippen molar-refractivity contribution in [3.63, 3.8) is 0 Å². The molecular weight excluding hydrogens is 166 g/mol. The monoisotopic (exact) mass is 183 g/mol. The Balaban J connectivity index is 2.69. The van der Waals surface area contributed by atoms with Gasteiger partial charge in [0.2, 0.25) is 5.91 Å². The summed E-state index contributed by atoms with van der Waals surface area (Å²) in [6.45, 7) is 4.17. The van der Waals surface area contributed by atoms with Crippen molar-refractivity contribution in [3.8, 4) is 0 Å². The number of hydrogen-bond acceptors (Lipinski definition) is 2. The van der Waals surface area contributed by atoms with Crippen molar-refractivity contribution in [2.24, 2.45) is 5.92 Å². The van der Waals surface area contributed by atoms with Gasteiger partial charge in [-0.3, -0.25) is 4.79 Å². The summed E-state index contributed by atoms with van der Waals surface area (Å²) in [5.74, 6) is 0.455. The van der Waals surface area contributed by atoms with Gasteiger partial charge in [0, 0.05) is 13.1 Å². The molecule has 0 saturated carbocycles. The highest BCUT2D eigenvalue weighted by Gasteiger charge is 2.33. The molecule has 0 aromatic heterocycles. The average molecular weight is 183 g/mol. The molecule has 0 fully saturated rings. The summed E-state index contributed by atoms with van der Waals surface area (Å²) in [4.78, 5) is 12.8. The predicted molar refractivity (Wildman–Crippen MR) is 51.3 cm³/mol. The number of likely N-dealkylation sites (N-methyl/N-ethyl adjacent to an activating group) is 1. The first-order valence-corrected chi connectivity index (χ1v) is 4.75. The number of amides is 1. The van der Waals surface area contributed by atoms with Crippen LogP contribution in [0.4, 0.5) is 0 Å². The SMILES string of the molecule is CCCC(C)C1C(O)=CC(=O)N1C. The van der Waals surface area contributed by atoms with Crippen LogP contribution in [-0.2, 0) is 4.79 Å². The molecule has 3 nitrogen and oxygen atoms in total. The van der Waals surface area contributed by atoms with Crippen LogP contribution in [0, 0.1) is 5.92 Å². The quantitative estimate of drug-likeness (QED) is 0.723. The Morgan fingerprint density at radius 3 is 2.69 bits per heavy atom. The first-order chi connectivity index (χ1) is 6.07. The van der Waals surface area contributed by atoms with Crippen LogP contribution in [0.15, 0.2) is 11.8 Å². The maximum absolute atomic E-state index is 11.2. The second kappa shape index (κ2) is 3.81. The molecule has 3 heteroatoms. The molecule has 1 aliphatic rings. The van der Waals surface area contributed by atoms with Gasteiger partial charge >= 0.3 is 0 Å². The number of carbonyl (C=O) groups excluding carboxylic acids is 1. The number of aliphatic hydroxyl groups excluding tert-OH is 1. The molecule has 1 rings (SSSR count). The normalized spacial score (nSPS) is 24.8. The van der Waals surface area contributed by atoms with Crippen LogP contribution in [0.1, 0.15) is 26.7 Å². The standard InChI is InChI=1S/C10H17NO2/c1-4-5-7(2)10-8(12)6-9(13)11(10)3/h6-7,10,12H,4-5H2,1-3H3. The molecule has 1 amide bonds. The third-order valence-electron chi connectivity index (χ3n) is 2.62. The smallest absolute Gasteiger partial charge is 0.250 e. The predicted octanol–water partition coefficient (Wildman–Crippen LogP) is 1.71. The number of aliphatic hydroxyl groups is 1. The second-order valence-electron chi connectivity index (χ2n) is 3.73. The Hall–Kier alpha value is -0.990. The number of carbonyl (C=O) groups is 1. The summed E-state index contributed by atoms with van der Waals surface area (Å²) in [6.07, 6.45) is 3.42. The molecule has 0 aromatic carbocycles. The van der Waals surface area contributed by atoms with E-state index in [4.69, 9.17) is 0 Å². The van der Waals surface area contributed by atoms with Gasteiger partial charge in [-0.05, 0) is 12.3 Å². The highest BCUT2D eigenvalue weighted by molar-refractivity contribution is 5.91. The molecule has 13 heavy (non-hydrogen) atoms. The van der Waals surface area contributed by atoms with Crippen LogP contribution in [0.5, 0.6) is 0 Å². The van der Waals surface area contributed by atoms with E-state index < -0.39 is 0 Å². The Morgan fingerprint density at radius 2 is 2.31 bits per heavy atom. The van der Waals surface area contributed by atoms with E-state index in [1.165, 1.54) is 6.08 Å². The van der Waals surface area contributed by atoms with E-state index in [9.17, 15) is 9.90 Å². The zero-order valence-corrected chi connectivity index (χ0v) is 8.45. The van der Waals surface area contributed by atoms with Crippen LogP contribution in [0.25, 0.3) is 0 Å². The van der Waals surface area contributed by atoms with Gasteiger partial charge in [0.1, 0.15) is 5.76 Å². The third-order valence-corrected chi connectivity index (χ3v) is 2.62. The fourth-order valence-electron chi connectivity index (χ4n) is 1.94. The number of nitrogens with zero attached hydrogens (tertiary/aromatic N) is 1.